The SMILES string of the molecule is CCCCn1nc(-c2nc(N)c3c(n2)NC(=O)[C@@]3(C)c2ccc(CCC(=O)OC)cc2)c2ccc(C)nc21. The average molecular weight is 514 g/mol. The molecule has 0 spiro atoms. The number of fused-ring (bicyclic) bond motifs is 2. The van der Waals surface area contributed by atoms with Crippen LogP contribution in [0.25, 0.3) is 22.6 Å². The van der Waals surface area contributed by atoms with E-state index in [2.05, 4.69) is 17.2 Å². The van der Waals surface area contributed by atoms with Crippen molar-refractivity contribution in [3.63, 3.8) is 0 Å². The largest absolute Gasteiger partial charge is 0.469 e. The van der Waals surface area contributed by atoms with Gasteiger partial charge in [-0.25, -0.2) is 19.6 Å². The van der Waals surface area contributed by atoms with Crippen LogP contribution in [0.15, 0.2) is 36.4 Å². The van der Waals surface area contributed by atoms with E-state index < -0.39 is 5.41 Å². The molecule has 4 heterocycles. The minimum Gasteiger partial charge on any atom is -0.469 e. The van der Waals surface area contributed by atoms with Crippen LogP contribution in [0.3, 0.4) is 0 Å². The fourth-order valence-corrected chi connectivity index (χ4v) is 4.92. The molecule has 4 aromatic rings. The first-order valence-electron chi connectivity index (χ1n) is 12.8. The molecule has 3 N–H and O–H groups in total. The number of nitrogens with one attached hydrogen (secondary N) is 1. The summed E-state index contributed by atoms with van der Waals surface area (Å²) in [5, 5.41) is 8.54. The molecule has 1 aromatic carbocycles. The van der Waals surface area contributed by atoms with Crippen molar-refractivity contribution < 1.29 is 14.3 Å². The predicted molar refractivity (Wildman–Crippen MR) is 144 cm³/mol. The van der Waals surface area contributed by atoms with Gasteiger partial charge in [0.15, 0.2) is 11.5 Å². The zero-order valence-corrected chi connectivity index (χ0v) is 22.0. The number of aryl methyl sites for hydroxylation is 3. The number of benzene rings is 1. The lowest BCUT2D eigenvalue weighted by atomic mass is 9.77. The van der Waals surface area contributed by atoms with Crippen LogP contribution in [0, 0.1) is 6.92 Å². The van der Waals surface area contributed by atoms with E-state index in [9.17, 15) is 9.59 Å². The highest BCUT2D eigenvalue weighted by molar-refractivity contribution is 6.09. The van der Waals surface area contributed by atoms with Crippen LogP contribution < -0.4 is 11.1 Å². The topological polar surface area (TPSA) is 138 Å². The lowest BCUT2D eigenvalue weighted by Gasteiger charge is -2.23. The Hall–Kier alpha value is -4.34. The highest BCUT2D eigenvalue weighted by Crippen LogP contribution is 2.45. The Morgan fingerprint density at radius 1 is 1.13 bits per heavy atom. The lowest BCUT2D eigenvalue weighted by Crippen LogP contribution is -2.33. The second-order valence-corrected chi connectivity index (χ2v) is 9.76. The van der Waals surface area contributed by atoms with Crippen molar-refractivity contribution in [3.8, 4) is 11.5 Å². The maximum atomic E-state index is 13.3. The summed E-state index contributed by atoms with van der Waals surface area (Å²) in [5.41, 5.74) is 9.97. The number of anilines is 2. The van der Waals surface area contributed by atoms with Gasteiger partial charge in [-0.1, -0.05) is 37.6 Å². The minimum atomic E-state index is -1.07. The Morgan fingerprint density at radius 2 is 1.89 bits per heavy atom. The summed E-state index contributed by atoms with van der Waals surface area (Å²) in [6.07, 6.45) is 2.84. The second-order valence-electron chi connectivity index (χ2n) is 9.76. The molecule has 5 rings (SSSR count). The number of unbranched alkanes of at least 4 members (excludes halogenated alkanes) is 1. The third kappa shape index (κ3) is 4.25. The van der Waals surface area contributed by atoms with Gasteiger partial charge in [0.05, 0.1) is 18.1 Å². The normalized spacial score (nSPS) is 16.5. The Bertz CT molecular complexity index is 1540. The fourth-order valence-electron chi connectivity index (χ4n) is 4.92. The standard InChI is InChI=1S/C28H31N7O3/c1-5-6-15-35-26-19(13-7-16(2)30-26)22(34-35)25-31-23(29)21-24(32-25)33-27(37)28(21,3)18-11-8-17(9-12-18)10-14-20(36)38-4/h7-9,11-13H,5-6,10,14-15H2,1-4H3,(H3,29,31,32,33,37)/t28-/m0/s1. The number of ether oxygens (including phenoxy) is 1. The number of nitrogens with two attached hydrogens (primary N) is 1. The van der Waals surface area contributed by atoms with Gasteiger partial charge >= 0.3 is 5.97 Å². The first kappa shape index (κ1) is 25.3. The number of rotatable bonds is 8. The summed E-state index contributed by atoms with van der Waals surface area (Å²) in [4.78, 5) is 38.9. The van der Waals surface area contributed by atoms with E-state index in [4.69, 9.17) is 25.5 Å². The molecule has 3 aromatic heterocycles. The van der Waals surface area contributed by atoms with Gasteiger partial charge < -0.3 is 15.8 Å². The summed E-state index contributed by atoms with van der Waals surface area (Å²) in [5.74, 6) is 0.446. The number of methoxy groups -OCH3 is 1. The molecular formula is C28H31N7O3. The molecule has 1 aliphatic heterocycles. The van der Waals surface area contributed by atoms with Crippen molar-refractivity contribution >= 4 is 34.5 Å². The van der Waals surface area contributed by atoms with Gasteiger partial charge in [0.25, 0.3) is 0 Å². The van der Waals surface area contributed by atoms with Gasteiger partial charge in [0.2, 0.25) is 5.91 Å². The highest BCUT2D eigenvalue weighted by Gasteiger charge is 2.47. The third-order valence-electron chi connectivity index (χ3n) is 7.17. The van der Waals surface area contributed by atoms with Crippen molar-refractivity contribution in [1.29, 1.82) is 0 Å². The van der Waals surface area contributed by atoms with Gasteiger partial charge in [0.1, 0.15) is 22.7 Å². The van der Waals surface area contributed by atoms with Gasteiger partial charge in [0, 0.05) is 18.7 Å². The number of amides is 1. The maximum Gasteiger partial charge on any atom is 0.305 e. The number of aromatic nitrogens is 5. The summed E-state index contributed by atoms with van der Waals surface area (Å²) in [6.45, 7) is 6.63. The zero-order chi connectivity index (χ0) is 27.0. The molecule has 0 radical (unpaired) electrons. The maximum absolute atomic E-state index is 13.3. The molecule has 1 amide bonds. The van der Waals surface area contributed by atoms with E-state index >= 15 is 0 Å². The van der Waals surface area contributed by atoms with Crippen molar-refractivity contribution in [3.05, 3.63) is 58.8 Å². The van der Waals surface area contributed by atoms with E-state index in [1.54, 1.807) is 0 Å². The number of carbonyl (C=O) groups excluding carboxylic acids is 2. The molecular weight excluding hydrogens is 482 g/mol. The highest BCUT2D eigenvalue weighted by atomic mass is 16.5. The first-order chi connectivity index (χ1) is 18.3. The van der Waals surface area contributed by atoms with Crippen LogP contribution in [0.5, 0.6) is 0 Å². The number of nitrogen functional groups attached to an aromatic ring is 1. The summed E-state index contributed by atoms with van der Waals surface area (Å²) in [6, 6.07) is 11.5. The monoisotopic (exact) mass is 513 g/mol. The van der Waals surface area contributed by atoms with Crippen molar-refractivity contribution in [2.75, 3.05) is 18.2 Å². The van der Waals surface area contributed by atoms with E-state index in [0.29, 0.717) is 29.3 Å². The zero-order valence-electron chi connectivity index (χ0n) is 22.0. The third-order valence-corrected chi connectivity index (χ3v) is 7.17. The Morgan fingerprint density at radius 3 is 2.61 bits per heavy atom. The fraction of sp³-hybridized carbons (Fsp3) is 0.357. The molecule has 38 heavy (non-hydrogen) atoms. The van der Waals surface area contributed by atoms with E-state index in [-0.39, 0.29) is 24.1 Å². The van der Waals surface area contributed by atoms with Gasteiger partial charge in [-0.05, 0) is 49.9 Å². The number of esters is 1. The van der Waals surface area contributed by atoms with Crippen LogP contribution in [0.2, 0.25) is 0 Å². The van der Waals surface area contributed by atoms with Crippen LogP contribution in [0.1, 0.15) is 55.5 Å². The molecule has 0 saturated carbocycles. The Labute approximate surface area is 220 Å². The molecule has 0 bridgehead atoms. The van der Waals surface area contributed by atoms with Crippen LogP contribution in [-0.2, 0) is 32.7 Å². The molecule has 0 saturated heterocycles. The average Bonchev–Trinajstić information content (AvgIpc) is 3.40. The quantitative estimate of drug-likeness (QED) is 0.338. The predicted octanol–water partition coefficient (Wildman–Crippen LogP) is 3.94. The number of pyridine rings is 1. The molecule has 10 nitrogen and oxygen atoms in total. The molecule has 10 heteroatoms. The van der Waals surface area contributed by atoms with Gasteiger partial charge in [-0.2, -0.15) is 5.10 Å². The van der Waals surface area contributed by atoms with Gasteiger partial charge in [-0.15, -0.1) is 0 Å². The first-order valence-corrected chi connectivity index (χ1v) is 12.8. The van der Waals surface area contributed by atoms with Crippen LogP contribution in [-0.4, -0.2) is 43.7 Å². The van der Waals surface area contributed by atoms with Crippen molar-refractivity contribution in [2.24, 2.45) is 0 Å². The van der Waals surface area contributed by atoms with Crippen LogP contribution in [0.4, 0.5) is 11.6 Å². The summed E-state index contributed by atoms with van der Waals surface area (Å²) >= 11 is 0. The van der Waals surface area contributed by atoms with Gasteiger partial charge in [-0.3, -0.25) is 9.59 Å². The molecule has 0 aliphatic carbocycles. The number of nitrogens with zero attached hydrogens (tertiary/aromatic N) is 5. The number of hydrogen-bond acceptors (Lipinski definition) is 8. The van der Waals surface area contributed by atoms with E-state index in [1.165, 1.54) is 7.11 Å². The molecule has 196 valence electrons. The number of carbonyl (C=O) groups is 2. The Kier molecular flexibility index (Phi) is 6.56. The molecule has 1 atom stereocenters. The van der Waals surface area contributed by atoms with Crippen molar-refractivity contribution in [2.45, 2.75) is 58.4 Å². The second kappa shape index (κ2) is 9.85. The lowest BCUT2D eigenvalue weighted by molar-refractivity contribution is -0.140. The van der Waals surface area contributed by atoms with E-state index in [1.807, 2.05) is 54.9 Å². The minimum absolute atomic E-state index is 0.219. The Balaban J connectivity index is 1.53. The number of hydrogen-bond donors (Lipinski definition) is 2. The van der Waals surface area contributed by atoms with Crippen LogP contribution >= 0.6 is 0 Å². The molecule has 1 aliphatic rings. The van der Waals surface area contributed by atoms with Crippen molar-refractivity contribution in [1.82, 2.24) is 24.7 Å². The molecule has 0 unspecified atom stereocenters. The molecule has 0 fully saturated rings. The smallest absolute Gasteiger partial charge is 0.305 e. The van der Waals surface area contributed by atoms with E-state index in [0.717, 1.165) is 47.2 Å². The summed E-state index contributed by atoms with van der Waals surface area (Å²) < 4.78 is 6.61. The summed E-state index contributed by atoms with van der Waals surface area (Å²) in [7, 11) is 1.37.